The third-order valence-electron chi connectivity index (χ3n) is 3.71. The average Bonchev–Trinajstić information content (AvgIpc) is 2.75. The van der Waals surface area contributed by atoms with Gasteiger partial charge in [0, 0.05) is 25.4 Å². The summed E-state index contributed by atoms with van der Waals surface area (Å²) in [5.74, 6) is 0.765. The summed E-state index contributed by atoms with van der Waals surface area (Å²) in [4.78, 5) is 11.0. The lowest BCUT2D eigenvalue weighted by Gasteiger charge is -2.33. The van der Waals surface area contributed by atoms with Gasteiger partial charge in [-0.05, 0) is 19.1 Å². The molecular weight excluding hydrogens is 310 g/mol. The lowest BCUT2D eigenvalue weighted by Crippen LogP contribution is -2.43. The number of hydrogen-bond donors (Lipinski definition) is 0. The standard InChI is InChI=1S/C13H19N3O3S2/c1-20-13-14-9(8-21(2,17)18)5-12(15-13)16-6-10-3-4-11(7-16)19-10/h5,10-11H,3-4,6-8H2,1-2H3/t10-,11+. The molecule has 2 aliphatic heterocycles. The highest BCUT2D eigenvalue weighted by Crippen LogP contribution is 2.29. The van der Waals surface area contributed by atoms with Crippen molar-refractivity contribution in [3.05, 3.63) is 11.8 Å². The Morgan fingerprint density at radius 1 is 1.33 bits per heavy atom. The van der Waals surface area contributed by atoms with Gasteiger partial charge >= 0.3 is 0 Å². The van der Waals surface area contributed by atoms with E-state index >= 15 is 0 Å². The molecule has 0 unspecified atom stereocenters. The monoisotopic (exact) mass is 329 g/mol. The van der Waals surface area contributed by atoms with E-state index in [4.69, 9.17) is 4.74 Å². The van der Waals surface area contributed by atoms with Crippen molar-refractivity contribution in [1.82, 2.24) is 9.97 Å². The van der Waals surface area contributed by atoms with Crippen LogP contribution in [0.2, 0.25) is 0 Å². The van der Waals surface area contributed by atoms with Gasteiger partial charge in [0.1, 0.15) is 5.82 Å². The molecule has 0 aromatic carbocycles. The molecule has 1 aromatic rings. The van der Waals surface area contributed by atoms with Crippen molar-refractivity contribution < 1.29 is 13.2 Å². The van der Waals surface area contributed by atoms with Gasteiger partial charge in [0.15, 0.2) is 15.0 Å². The first kappa shape index (κ1) is 15.1. The van der Waals surface area contributed by atoms with Gasteiger partial charge in [0.2, 0.25) is 0 Å². The van der Waals surface area contributed by atoms with Crippen molar-refractivity contribution in [2.75, 3.05) is 30.5 Å². The van der Waals surface area contributed by atoms with Crippen LogP contribution < -0.4 is 4.90 Å². The van der Waals surface area contributed by atoms with Crippen LogP contribution in [0.5, 0.6) is 0 Å². The SMILES string of the molecule is CSc1nc(CS(C)(=O)=O)cc(N2C[C@H]3CC[C@@H](C2)O3)n1. The zero-order valence-corrected chi connectivity index (χ0v) is 13.8. The van der Waals surface area contributed by atoms with Crippen molar-refractivity contribution in [1.29, 1.82) is 0 Å². The molecule has 8 heteroatoms. The van der Waals surface area contributed by atoms with E-state index in [0.29, 0.717) is 10.9 Å². The minimum atomic E-state index is -3.10. The van der Waals surface area contributed by atoms with Crippen LogP contribution in [0.1, 0.15) is 18.5 Å². The van der Waals surface area contributed by atoms with Gasteiger partial charge in [-0.3, -0.25) is 0 Å². The summed E-state index contributed by atoms with van der Waals surface area (Å²) in [6, 6.07) is 1.80. The molecule has 116 valence electrons. The van der Waals surface area contributed by atoms with Crippen molar-refractivity contribution in [3.8, 4) is 0 Å². The second-order valence-electron chi connectivity index (χ2n) is 5.64. The first-order valence-corrected chi connectivity index (χ1v) is 10.2. The molecule has 1 aromatic heterocycles. The van der Waals surface area contributed by atoms with E-state index in [0.717, 1.165) is 31.7 Å². The van der Waals surface area contributed by atoms with E-state index in [9.17, 15) is 8.42 Å². The normalized spacial score (nSPS) is 25.3. The third kappa shape index (κ3) is 3.67. The Morgan fingerprint density at radius 2 is 2.00 bits per heavy atom. The van der Waals surface area contributed by atoms with Gasteiger partial charge in [0.25, 0.3) is 0 Å². The number of hydrogen-bond acceptors (Lipinski definition) is 7. The Hall–Kier alpha value is -0.860. The van der Waals surface area contributed by atoms with Crippen molar-refractivity contribution >= 4 is 27.4 Å². The zero-order chi connectivity index (χ0) is 15.0. The second-order valence-corrected chi connectivity index (χ2v) is 8.55. The Labute approximate surface area is 129 Å². The summed E-state index contributed by atoms with van der Waals surface area (Å²) < 4.78 is 28.8. The highest BCUT2D eigenvalue weighted by atomic mass is 32.2. The van der Waals surface area contributed by atoms with Gasteiger partial charge in [-0.1, -0.05) is 11.8 Å². The topological polar surface area (TPSA) is 72.4 Å². The van der Waals surface area contributed by atoms with Crippen LogP contribution in [0.25, 0.3) is 0 Å². The number of morpholine rings is 1. The third-order valence-corrected chi connectivity index (χ3v) is 5.07. The van der Waals surface area contributed by atoms with Crippen LogP contribution in [0.15, 0.2) is 11.2 Å². The lowest BCUT2D eigenvalue weighted by molar-refractivity contribution is 0.0301. The molecule has 2 saturated heterocycles. The number of anilines is 1. The van der Waals surface area contributed by atoms with E-state index in [2.05, 4.69) is 14.9 Å². The second kappa shape index (κ2) is 5.73. The number of rotatable bonds is 4. The number of nitrogens with zero attached hydrogens (tertiary/aromatic N) is 3. The Balaban J connectivity index is 1.88. The van der Waals surface area contributed by atoms with Crippen molar-refractivity contribution in [2.24, 2.45) is 0 Å². The molecular formula is C13H19N3O3S2. The van der Waals surface area contributed by atoms with E-state index in [1.54, 1.807) is 6.07 Å². The highest BCUT2D eigenvalue weighted by Gasteiger charge is 2.34. The quantitative estimate of drug-likeness (QED) is 0.605. The number of thioether (sulfide) groups is 1. The van der Waals surface area contributed by atoms with Crippen LogP contribution in [0.4, 0.5) is 5.82 Å². The van der Waals surface area contributed by atoms with Gasteiger partial charge in [-0.2, -0.15) is 0 Å². The van der Waals surface area contributed by atoms with Gasteiger partial charge < -0.3 is 9.64 Å². The summed E-state index contributed by atoms with van der Waals surface area (Å²) in [5, 5.41) is 0.616. The first-order chi connectivity index (χ1) is 9.93. The molecule has 2 atom stereocenters. The largest absolute Gasteiger partial charge is 0.371 e. The van der Waals surface area contributed by atoms with E-state index in [-0.39, 0.29) is 18.0 Å². The average molecular weight is 329 g/mol. The molecule has 0 amide bonds. The van der Waals surface area contributed by atoms with E-state index in [1.807, 2.05) is 6.26 Å². The molecule has 0 saturated carbocycles. The maximum atomic E-state index is 11.5. The molecule has 3 heterocycles. The zero-order valence-electron chi connectivity index (χ0n) is 12.2. The van der Waals surface area contributed by atoms with Crippen LogP contribution in [-0.2, 0) is 20.3 Å². The lowest BCUT2D eigenvalue weighted by atomic mass is 10.2. The summed E-state index contributed by atoms with van der Waals surface area (Å²) in [7, 11) is -3.10. The van der Waals surface area contributed by atoms with Gasteiger partial charge in [-0.15, -0.1) is 0 Å². The molecule has 0 spiro atoms. The van der Waals surface area contributed by atoms with Gasteiger partial charge in [0.05, 0.1) is 23.7 Å². The highest BCUT2D eigenvalue weighted by molar-refractivity contribution is 7.98. The van der Waals surface area contributed by atoms with Crippen LogP contribution in [0.3, 0.4) is 0 Å². The number of sulfone groups is 1. The molecule has 2 bridgehead atoms. The fraction of sp³-hybridized carbons (Fsp3) is 0.692. The predicted molar refractivity (Wildman–Crippen MR) is 82.5 cm³/mol. The molecule has 2 aliphatic rings. The van der Waals surface area contributed by atoms with Crippen molar-refractivity contribution in [2.45, 2.75) is 36.0 Å². The summed E-state index contributed by atoms with van der Waals surface area (Å²) in [5.41, 5.74) is 0.561. The van der Waals surface area contributed by atoms with Crippen LogP contribution >= 0.6 is 11.8 Å². The Bertz CT molecular complexity index is 624. The molecule has 3 rings (SSSR count). The molecule has 2 fully saturated rings. The summed E-state index contributed by atoms with van der Waals surface area (Å²) in [6.07, 6.45) is 5.86. The summed E-state index contributed by atoms with van der Waals surface area (Å²) >= 11 is 1.43. The minimum absolute atomic E-state index is 0.0483. The number of aromatic nitrogens is 2. The predicted octanol–water partition coefficient (Wildman–Crippen LogP) is 1.11. The smallest absolute Gasteiger partial charge is 0.189 e. The first-order valence-electron chi connectivity index (χ1n) is 6.93. The maximum Gasteiger partial charge on any atom is 0.189 e. The fourth-order valence-corrected chi connectivity index (χ4v) is 3.94. The molecule has 0 radical (unpaired) electrons. The number of ether oxygens (including phenoxy) is 1. The number of fused-ring (bicyclic) bond motifs is 2. The molecule has 21 heavy (non-hydrogen) atoms. The molecule has 6 nitrogen and oxygen atoms in total. The van der Waals surface area contributed by atoms with Crippen LogP contribution in [-0.4, -0.2) is 56.2 Å². The Morgan fingerprint density at radius 3 is 2.57 bits per heavy atom. The van der Waals surface area contributed by atoms with Gasteiger partial charge in [-0.25, -0.2) is 18.4 Å². The van der Waals surface area contributed by atoms with E-state index < -0.39 is 9.84 Å². The fourth-order valence-electron chi connectivity index (χ4n) is 2.86. The Kier molecular flexibility index (Phi) is 4.11. The minimum Gasteiger partial charge on any atom is -0.371 e. The van der Waals surface area contributed by atoms with E-state index in [1.165, 1.54) is 18.0 Å². The molecule has 0 aliphatic carbocycles. The maximum absolute atomic E-state index is 11.5. The molecule has 0 N–H and O–H groups in total. The summed E-state index contributed by atoms with van der Waals surface area (Å²) in [6.45, 7) is 1.64. The van der Waals surface area contributed by atoms with Crippen molar-refractivity contribution in [3.63, 3.8) is 0 Å². The van der Waals surface area contributed by atoms with Crippen LogP contribution in [0, 0.1) is 0 Å².